The summed E-state index contributed by atoms with van der Waals surface area (Å²) in [5.41, 5.74) is 0. The van der Waals surface area contributed by atoms with Crippen LogP contribution in [0.15, 0.2) is 4.99 Å². The SMILES string of the molecule is CCNC(=NCCC1CCN(C)CC1)NCCN1CCCCC1. The lowest BCUT2D eigenvalue weighted by Crippen LogP contribution is -2.42. The van der Waals surface area contributed by atoms with Crippen molar-refractivity contribution in [1.82, 2.24) is 20.4 Å². The van der Waals surface area contributed by atoms with Gasteiger partial charge in [0.1, 0.15) is 0 Å². The third-order valence-corrected chi connectivity index (χ3v) is 5.16. The van der Waals surface area contributed by atoms with Crippen molar-refractivity contribution in [1.29, 1.82) is 0 Å². The molecule has 0 amide bonds. The Kier molecular flexibility index (Phi) is 8.76. The van der Waals surface area contributed by atoms with Gasteiger partial charge in [0, 0.05) is 26.2 Å². The van der Waals surface area contributed by atoms with Gasteiger partial charge in [0.25, 0.3) is 0 Å². The Labute approximate surface area is 142 Å². The van der Waals surface area contributed by atoms with E-state index in [-0.39, 0.29) is 0 Å². The third kappa shape index (κ3) is 7.53. The molecule has 0 atom stereocenters. The van der Waals surface area contributed by atoms with E-state index in [1.807, 2.05) is 0 Å². The van der Waals surface area contributed by atoms with Crippen LogP contribution in [-0.2, 0) is 0 Å². The summed E-state index contributed by atoms with van der Waals surface area (Å²) in [5, 5.41) is 6.88. The lowest BCUT2D eigenvalue weighted by atomic mass is 9.94. The minimum Gasteiger partial charge on any atom is -0.357 e. The predicted octanol–water partition coefficient (Wildman–Crippen LogP) is 1.76. The van der Waals surface area contributed by atoms with Crippen LogP contribution >= 0.6 is 0 Å². The van der Waals surface area contributed by atoms with Crippen LogP contribution in [-0.4, -0.2) is 75.2 Å². The zero-order chi connectivity index (χ0) is 16.3. The van der Waals surface area contributed by atoms with Crippen molar-refractivity contribution in [3.8, 4) is 0 Å². The summed E-state index contributed by atoms with van der Waals surface area (Å²) >= 11 is 0. The van der Waals surface area contributed by atoms with Crippen LogP contribution in [0.1, 0.15) is 45.4 Å². The molecule has 0 spiro atoms. The lowest BCUT2D eigenvalue weighted by molar-refractivity contribution is 0.214. The molecule has 0 bridgehead atoms. The first-order valence-electron chi connectivity index (χ1n) is 9.71. The zero-order valence-corrected chi connectivity index (χ0v) is 15.3. The van der Waals surface area contributed by atoms with E-state index < -0.39 is 0 Å². The van der Waals surface area contributed by atoms with Crippen molar-refractivity contribution in [3.05, 3.63) is 0 Å². The van der Waals surface area contributed by atoms with Gasteiger partial charge in [-0.1, -0.05) is 6.42 Å². The molecular weight excluding hydrogens is 286 g/mol. The number of hydrogen-bond acceptors (Lipinski definition) is 3. The summed E-state index contributed by atoms with van der Waals surface area (Å²) in [6.07, 6.45) is 8.05. The molecule has 0 aromatic carbocycles. The highest BCUT2D eigenvalue weighted by Gasteiger charge is 2.16. The van der Waals surface area contributed by atoms with Crippen LogP contribution in [0.5, 0.6) is 0 Å². The van der Waals surface area contributed by atoms with Gasteiger partial charge in [0.2, 0.25) is 0 Å². The predicted molar refractivity (Wildman–Crippen MR) is 99.1 cm³/mol. The fourth-order valence-electron chi connectivity index (χ4n) is 3.57. The molecule has 5 nitrogen and oxygen atoms in total. The maximum Gasteiger partial charge on any atom is 0.191 e. The number of piperidine rings is 2. The smallest absolute Gasteiger partial charge is 0.191 e. The van der Waals surface area contributed by atoms with Crippen LogP contribution in [0.3, 0.4) is 0 Å². The minimum atomic E-state index is 0.867. The molecule has 0 unspecified atom stereocenters. The van der Waals surface area contributed by atoms with Crippen molar-refractivity contribution in [2.75, 3.05) is 59.4 Å². The molecule has 2 fully saturated rings. The van der Waals surface area contributed by atoms with Crippen molar-refractivity contribution in [2.24, 2.45) is 10.9 Å². The fourth-order valence-corrected chi connectivity index (χ4v) is 3.57. The highest BCUT2D eigenvalue weighted by Crippen LogP contribution is 2.19. The molecule has 0 saturated carbocycles. The zero-order valence-electron chi connectivity index (χ0n) is 15.3. The number of aliphatic imine (C=N–C) groups is 1. The number of likely N-dealkylation sites (tertiary alicyclic amines) is 2. The van der Waals surface area contributed by atoms with Gasteiger partial charge in [-0.3, -0.25) is 4.99 Å². The Balaban J connectivity index is 1.63. The second-order valence-electron chi connectivity index (χ2n) is 7.13. The Bertz CT molecular complexity index is 330. The molecule has 2 saturated heterocycles. The lowest BCUT2D eigenvalue weighted by Gasteiger charge is -2.28. The summed E-state index contributed by atoms with van der Waals surface area (Å²) in [7, 11) is 2.23. The third-order valence-electron chi connectivity index (χ3n) is 5.16. The van der Waals surface area contributed by atoms with Gasteiger partial charge in [-0.15, -0.1) is 0 Å². The molecule has 2 rings (SSSR count). The summed E-state index contributed by atoms with van der Waals surface area (Å²) in [6, 6.07) is 0. The summed E-state index contributed by atoms with van der Waals surface area (Å²) in [6.45, 7) is 11.2. The first-order valence-corrected chi connectivity index (χ1v) is 9.71. The number of guanidine groups is 1. The highest BCUT2D eigenvalue weighted by atomic mass is 15.2. The molecule has 2 aliphatic rings. The van der Waals surface area contributed by atoms with E-state index in [9.17, 15) is 0 Å². The Morgan fingerprint density at radius 3 is 2.48 bits per heavy atom. The average Bonchev–Trinajstić information content (AvgIpc) is 2.58. The average molecular weight is 324 g/mol. The van der Waals surface area contributed by atoms with Crippen LogP contribution in [0.25, 0.3) is 0 Å². The fraction of sp³-hybridized carbons (Fsp3) is 0.944. The summed E-state index contributed by atoms with van der Waals surface area (Å²) in [4.78, 5) is 9.78. The molecule has 0 aromatic heterocycles. The van der Waals surface area contributed by atoms with Gasteiger partial charge >= 0.3 is 0 Å². The van der Waals surface area contributed by atoms with E-state index in [1.54, 1.807) is 0 Å². The van der Waals surface area contributed by atoms with Gasteiger partial charge < -0.3 is 20.4 Å². The Hall–Kier alpha value is -0.810. The largest absolute Gasteiger partial charge is 0.357 e. The maximum atomic E-state index is 4.77. The van der Waals surface area contributed by atoms with Crippen LogP contribution in [0.4, 0.5) is 0 Å². The van der Waals surface area contributed by atoms with Crippen molar-refractivity contribution < 1.29 is 0 Å². The first-order chi connectivity index (χ1) is 11.3. The quantitative estimate of drug-likeness (QED) is 0.553. The van der Waals surface area contributed by atoms with Crippen LogP contribution in [0, 0.1) is 5.92 Å². The number of hydrogen-bond donors (Lipinski definition) is 2. The molecule has 2 heterocycles. The minimum absolute atomic E-state index is 0.867. The molecule has 2 aliphatic heterocycles. The number of nitrogens with one attached hydrogen (secondary N) is 2. The molecule has 0 aliphatic carbocycles. The molecule has 0 radical (unpaired) electrons. The van der Waals surface area contributed by atoms with Crippen LogP contribution in [0.2, 0.25) is 0 Å². The summed E-state index contributed by atoms with van der Waals surface area (Å²) in [5.74, 6) is 1.86. The molecule has 2 N–H and O–H groups in total. The van der Waals surface area contributed by atoms with Gasteiger partial charge in [-0.2, -0.15) is 0 Å². The topological polar surface area (TPSA) is 42.9 Å². The van der Waals surface area contributed by atoms with E-state index in [0.29, 0.717) is 0 Å². The van der Waals surface area contributed by atoms with E-state index >= 15 is 0 Å². The molecule has 5 heteroatoms. The Morgan fingerprint density at radius 2 is 1.78 bits per heavy atom. The Morgan fingerprint density at radius 1 is 1.04 bits per heavy atom. The second-order valence-corrected chi connectivity index (χ2v) is 7.13. The van der Waals surface area contributed by atoms with E-state index in [2.05, 4.69) is 34.4 Å². The van der Waals surface area contributed by atoms with E-state index in [4.69, 9.17) is 4.99 Å². The highest BCUT2D eigenvalue weighted by molar-refractivity contribution is 5.79. The van der Waals surface area contributed by atoms with E-state index in [1.165, 1.54) is 64.7 Å². The van der Waals surface area contributed by atoms with Crippen molar-refractivity contribution in [2.45, 2.75) is 45.4 Å². The summed E-state index contributed by atoms with van der Waals surface area (Å²) < 4.78 is 0. The van der Waals surface area contributed by atoms with Gasteiger partial charge in [-0.25, -0.2) is 0 Å². The standard InChI is InChI=1S/C18H37N5/c1-3-19-18(21-11-16-23-12-5-4-6-13-23)20-10-7-17-8-14-22(2)15-9-17/h17H,3-16H2,1-2H3,(H2,19,20,21). The molecule has 23 heavy (non-hydrogen) atoms. The van der Waals surface area contributed by atoms with E-state index in [0.717, 1.165) is 38.1 Å². The number of nitrogens with zero attached hydrogens (tertiary/aromatic N) is 3. The van der Waals surface area contributed by atoms with Gasteiger partial charge in [-0.05, 0) is 78.2 Å². The number of rotatable bonds is 7. The second kappa shape index (κ2) is 10.9. The normalized spacial score (nSPS) is 22.3. The van der Waals surface area contributed by atoms with Crippen molar-refractivity contribution >= 4 is 5.96 Å². The monoisotopic (exact) mass is 323 g/mol. The maximum absolute atomic E-state index is 4.77. The van der Waals surface area contributed by atoms with Crippen molar-refractivity contribution in [3.63, 3.8) is 0 Å². The van der Waals surface area contributed by atoms with Gasteiger partial charge in [0.15, 0.2) is 5.96 Å². The van der Waals surface area contributed by atoms with Gasteiger partial charge in [0.05, 0.1) is 0 Å². The first kappa shape index (κ1) is 18.5. The molecular formula is C18H37N5. The van der Waals surface area contributed by atoms with Crippen LogP contribution < -0.4 is 10.6 Å². The molecule has 0 aromatic rings. The molecule has 134 valence electrons.